The molecule has 3 aromatic rings. The Morgan fingerprint density at radius 2 is 2.12 bits per heavy atom. The molecule has 0 aliphatic carbocycles. The molecule has 0 saturated carbocycles. The second-order valence-electron chi connectivity index (χ2n) is 5.37. The van der Waals surface area contributed by atoms with Crippen molar-refractivity contribution in [2.45, 2.75) is 13.0 Å². The predicted molar refractivity (Wildman–Crippen MR) is 83.5 cm³/mol. The lowest BCUT2D eigenvalue weighted by Crippen LogP contribution is -2.39. The van der Waals surface area contributed by atoms with Crippen LogP contribution in [0.4, 0.5) is 11.8 Å². The molecular formula is C14H16N8O2. The molecule has 4 rings (SSSR count). The molecule has 10 nitrogen and oxygen atoms in total. The van der Waals surface area contributed by atoms with Crippen molar-refractivity contribution in [1.82, 2.24) is 29.9 Å². The van der Waals surface area contributed by atoms with E-state index in [0.717, 1.165) is 0 Å². The van der Waals surface area contributed by atoms with Gasteiger partial charge in [-0.1, -0.05) is 5.16 Å². The van der Waals surface area contributed by atoms with Gasteiger partial charge in [0.15, 0.2) is 5.82 Å². The number of rotatable bonds is 3. The topological polar surface area (TPSA) is 121 Å². The van der Waals surface area contributed by atoms with Gasteiger partial charge in [0.05, 0.1) is 13.2 Å². The average molecular weight is 328 g/mol. The Morgan fingerprint density at radius 1 is 1.25 bits per heavy atom. The number of ether oxygens (including phenoxy) is 1. The van der Waals surface area contributed by atoms with E-state index in [2.05, 4.69) is 30.1 Å². The summed E-state index contributed by atoms with van der Waals surface area (Å²) >= 11 is 0. The molecule has 1 fully saturated rings. The molecule has 124 valence electrons. The molecule has 1 atom stereocenters. The van der Waals surface area contributed by atoms with Crippen molar-refractivity contribution in [3.63, 3.8) is 0 Å². The van der Waals surface area contributed by atoms with Gasteiger partial charge in [-0.05, 0) is 6.07 Å². The first-order chi connectivity index (χ1) is 11.7. The minimum Gasteiger partial charge on any atom is -0.368 e. The minimum atomic E-state index is -0.277. The van der Waals surface area contributed by atoms with Crippen LogP contribution >= 0.6 is 0 Å². The molecule has 4 heterocycles. The fraction of sp³-hybridized carbons (Fsp3) is 0.357. The van der Waals surface area contributed by atoms with Gasteiger partial charge in [-0.2, -0.15) is 20.1 Å². The van der Waals surface area contributed by atoms with Gasteiger partial charge in [-0.25, -0.2) is 4.68 Å². The Balaban J connectivity index is 1.61. The van der Waals surface area contributed by atoms with Crippen LogP contribution in [-0.2, 0) is 4.74 Å². The van der Waals surface area contributed by atoms with E-state index < -0.39 is 0 Å². The molecule has 2 N–H and O–H groups in total. The molecule has 24 heavy (non-hydrogen) atoms. The summed E-state index contributed by atoms with van der Waals surface area (Å²) in [4.78, 5) is 14.9. The SMILES string of the molecule is Cc1nc([C@H]2CN(c3cc(-n4cccn4)nc(N)n3)CCO2)no1. The van der Waals surface area contributed by atoms with E-state index in [-0.39, 0.29) is 12.1 Å². The van der Waals surface area contributed by atoms with Gasteiger partial charge >= 0.3 is 0 Å². The van der Waals surface area contributed by atoms with E-state index in [1.807, 2.05) is 12.1 Å². The van der Waals surface area contributed by atoms with Gasteiger partial charge in [0, 0.05) is 31.9 Å². The lowest BCUT2D eigenvalue weighted by molar-refractivity contribution is 0.0323. The quantitative estimate of drug-likeness (QED) is 0.733. The summed E-state index contributed by atoms with van der Waals surface area (Å²) in [7, 11) is 0. The van der Waals surface area contributed by atoms with Crippen molar-refractivity contribution in [3.8, 4) is 5.82 Å². The highest BCUT2D eigenvalue weighted by Crippen LogP contribution is 2.24. The van der Waals surface area contributed by atoms with Gasteiger partial charge in [-0.3, -0.25) is 0 Å². The molecule has 0 bridgehead atoms. The number of hydrogen-bond acceptors (Lipinski definition) is 9. The fourth-order valence-electron chi connectivity index (χ4n) is 2.58. The van der Waals surface area contributed by atoms with Crippen LogP contribution in [0.2, 0.25) is 0 Å². The molecule has 1 saturated heterocycles. The van der Waals surface area contributed by atoms with Crippen molar-refractivity contribution in [3.05, 3.63) is 36.2 Å². The van der Waals surface area contributed by atoms with Crippen LogP contribution in [-0.4, -0.2) is 49.6 Å². The standard InChI is InChI=1S/C14H16N8O2/c1-9-17-13(20-24-9)10-8-21(5-6-23-10)11-7-12(19-14(15)18-11)22-4-2-3-16-22/h2-4,7,10H,5-6,8H2,1H3,(H2,15,18,19)/t10-/m1/s1. The lowest BCUT2D eigenvalue weighted by Gasteiger charge is -2.32. The third kappa shape index (κ3) is 2.78. The van der Waals surface area contributed by atoms with Gasteiger partial charge in [0.25, 0.3) is 0 Å². The molecule has 0 aromatic carbocycles. The van der Waals surface area contributed by atoms with E-state index in [9.17, 15) is 0 Å². The molecular weight excluding hydrogens is 312 g/mol. The van der Waals surface area contributed by atoms with Crippen LogP contribution in [0.25, 0.3) is 5.82 Å². The number of nitrogen functional groups attached to an aromatic ring is 1. The largest absolute Gasteiger partial charge is 0.368 e. The minimum absolute atomic E-state index is 0.191. The maximum absolute atomic E-state index is 5.86. The van der Waals surface area contributed by atoms with E-state index >= 15 is 0 Å². The zero-order chi connectivity index (χ0) is 16.5. The van der Waals surface area contributed by atoms with Crippen LogP contribution < -0.4 is 10.6 Å². The normalized spacial score (nSPS) is 18.0. The van der Waals surface area contributed by atoms with Gasteiger partial charge in [0.1, 0.15) is 11.9 Å². The van der Waals surface area contributed by atoms with Crippen molar-refractivity contribution in [2.24, 2.45) is 0 Å². The lowest BCUT2D eigenvalue weighted by atomic mass is 10.2. The summed E-state index contributed by atoms with van der Waals surface area (Å²) in [6.45, 7) is 3.51. The summed E-state index contributed by atoms with van der Waals surface area (Å²) < 4.78 is 12.4. The molecule has 3 aromatic heterocycles. The average Bonchev–Trinajstić information content (AvgIpc) is 3.26. The number of nitrogens with zero attached hydrogens (tertiary/aromatic N) is 7. The third-order valence-electron chi connectivity index (χ3n) is 3.68. The van der Waals surface area contributed by atoms with E-state index in [1.165, 1.54) is 0 Å². The summed E-state index contributed by atoms with van der Waals surface area (Å²) in [6.07, 6.45) is 3.21. The van der Waals surface area contributed by atoms with Crippen molar-refractivity contribution >= 4 is 11.8 Å². The Kier molecular flexibility index (Phi) is 3.58. The molecule has 0 unspecified atom stereocenters. The Labute approximate surface area is 137 Å². The summed E-state index contributed by atoms with van der Waals surface area (Å²) in [5, 5.41) is 8.11. The number of anilines is 2. The predicted octanol–water partition coefficient (Wildman–Crippen LogP) is 0.514. The monoisotopic (exact) mass is 328 g/mol. The van der Waals surface area contributed by atoms with Gasteiger partial charge in [-0.15, -0.1) is 0 Å². The highest BCUT2D eigenvalue weighted by molar-refractivity contribution is 5.48. The number of nitrogens with two attached hydrogens (primary N) is 1. The maximum atomic E-state index is 5.86. The van der Waals surface area contributed by atoms with Crippen molar-refractivity contribution < 1.29 is 9.26 Å². The maximum Gasteiger partial charge on any atom is 0.224 e. The van der Waals surface area contributed by atoms with Crippen LogP contribution in [0.5, 0.6) is 0 Å². The smallest absolute Gasteiger partial charge is 0.224 e. The first kappa shape index (κ1) is 14.6. The zero-order valence-corrected chi connectivity index (χ0v) is 13.0. The Morgan fingerprint density at radius 3 is 2.88 bits per heavy atom. The number of aromatic nitrogens is 6. The summed E-state index contributed by atoms with van der Waals surface area (Å²) in [5.41, 5.74) is 5.86. The number of hydrogen-bond donors (Lipinski definition) is 1. The molecule has 1 aliphatic heterocycles. The first-order valence-corrected chi connectivity index (χ1v) is 7.50. The van der Waals surface area contributed by atoms with Crippen molar-refractivity contribution in [2.75, 3.05) is 30.3 Å². The number of aryl methyl sites for hydroxylation is 1. The Hall–Kier alpha value is -3.01. The molecule has 10 heteroatoms. The van der Waals surface area contributed by atoms with E-state index in [1.54, 1.807) is 24.0 Å². The highest BCUT2D eigenvalue weighted by atomic mass is 16.5. The molecule has 0 spiro atoms. The summed E-state index contributed by atoms with van der Waals surface area (Å²) in [6, 6.07) is 3.66. The molecule has 1 aliphatic rings. The van der Waals surface area contributed by atoms with Gasteiger partial charge in [0.2, 0.25) is 17.7 Å². The zero-order valence-electron chi connectivity index (χ0n) is 13.0. The Bertz CT molecular complexity index is 831. The van der Waals surface area contributed by atoms with Gasteiger partial charge < -0.3 is 19.9 Å². The van der Waals surface area contributed by atoms with Crippen LogP contribution in [0, 0.1) is 6.92 Å². The fourth-order valence-corrected chi connectivity index (χ4v) is 2.58. The van der Waals surface area contributed by atoms with Crippen LogP contribution in [0.1, 0.15) is 17.8 Å². The van der Waals surface area contributed by atoms with E-state index in [0.29, 0.717) is 43.0 Å². The number of morpholine rings is 1. The summed E-state index contributed by atoms with van der Waals surface area (Å²) in [5.74, 6) is 2.56. The van der Waals surface area contributed by atoms with E-state index in [4.69, 9.17) is 15.0 Å². The van der Waals surface area contributed by atoms with Crippen LogP contribution in [0.15, 0.2) is 29.0 Å². The third-order valence-corrected chi connectivity index (χ3v) is 3.68. The van der Waals surface area contributed by atoms with Crippen molar-refractivity contribution in [1.29, 1.82) is 0 Å². The molecule has 0 radical (unpaired) electrons. The second-order valence-corrected chi connectivity index (χ2v) is 5.37. The van der Waals surface area contributed by atoms with Crippen LogP contribution in [0.3, 0.4) is 0 Å². The first-order valence-electron chi connectivity index (χ1n) is 7.50. The highest BCUT2D eigenvalue weighted by Gasteiger charge is 2.27. The second kappa shape index (κ2) is 5.89. The molecule has 0 amide bonds.